The monoisotopic (exact) mass is 313 g/mol. The van der Waals surface area contributed by atoms with Crippen molar-refractivity contribution in [2.75, 3.05) is 0 Å². The first-order chi connectivity index (χ1) is 10.7. The molecule has 1 fully saturated rings. The molecule has 6 heteroatoms. The average molecular weight is 313 g/mol. The van der Waals surface area contributed by atoms with Crippen LogP contribution in [0.1, 0.15) is 23.2 Å². The summed E-state index contributed by atoms with van der Waals surface area (Å²) in [6.45, 7) is 0. The van der Waals surface area contributed by atoms with Crippen LogP contribution in [-0.2, 0) is 0 Å². The van der Waals surface area contributed by atoms with E-state index in [1.54, 1.807) is 23.0 Å². The van der Waals surface area contributed by atoms with E-state index in [1.165, 1.54) is 0 Å². The van der Waals surface area contributed by atoms with Crippen LogP contribution in [0.5, 0.6) is 0 Å². The van der Waals surface area contributed by atoms with Crippen molar-refractivity contribution in [3.05, 3.63) is 41.7 Å². The van der Waals surface area contributed by atoms with Gasteiger partial charge in [0.15, 0.2) is 0 Å². The first-order valence-corrected chi connectivity index (χ1v) is 8.07. The Labute approximate surface area is 131 Å². The molecule has 0 radical (unpaired) electrons. The summed E-state index contributed by atoms with van der Waals surface area (Å²) in [5.74, 6) is -0.0899. The topological polar surface area (TPSA) is 78.0 Å². The number of nitrogens with one attached hydrogen (secondary N) is 2. The minimum atomic E-state index is -0.277. The maximum atomic E-state index is 12.6. The molecule has 112 valence electrons. The summed E-state index contributed by atoms with van der Waals surface area (Å²) in [4.78, 5) is 20.9. The third-order valence-corrected chi connectivity index (χ3v) is 4.90. The van der Waals surface area contributed by atoms with Gasteiger partial charge in [-0.05, 0) is 36.6 Å². The number of amides is 1. The second kappa shape index (κ2) is 5.23. The van der Waals surface area contributed by atoms with E-state index in [0.717, 1.165) is 21.3 Å². The maximum Gasteiger partial charge on any atom is 0.252 e. The summed E-state index contributed by atoms with van der Waals surface area (Å²) in [5, 5.41) is 13.2. The van der Waals surface area contributed by atoms with E-state index >= 15 is 0 Å². The number of aliphatic hydroxyl groups excluding tert-OH is 1. The molecule has 1 aliphatic rings. The Kier molecular flexibility index (Phi) is 3.20. The fraction of sp³-hybridized carbons (Fsp3) is 0.250. The Morgan fingerprint density at radius 2 is 2.27 bits per heavy atom. The number of aromatic amines is 1. The van der Waals surface area contributed by atoms with Gasteiger partial charge in [-0.3, -0.25) is 9.78 Å². The molecule has 1 aliphatic carbocycles. The molecule has 0 spiro atoms. The van der Waals surface area contributed by atoms with Crippen LogP contribution in [0, 0.1) is 0 Å². The minimum absolute atomic E-state index is 0.0727. The number of fused-ring (bicyclic) bond motifs is 1. The molecular weight excluding hydrogens is 298 g/mol. The fourth-order valence-electron chi connectivity index (χ4n) is 2.82. The van der Waals surface area contributed by atoms with Crippen molar-refractivity contribution in [3.63, 3.8) is 0 Å². The van der Waals surface area contributed by atoms with Crippen LogP contribution in [-0.4, -0.2) is 33.1 Å². The summed E-state index contributed by atoms with van der Waals surface area (Å²) in [7, 11) is 0. The van der Waals surface area contributed by atoms with Crippen molar-refractivity contribution < 1.29 is 9.90 Å². The minimum Gasteiger partial charge on any atom is -0.393 e. The van der Waals surface area contributed by atoms with Crippen LogP contribution in [0.25, 0.3) is 21.3 Å². The quantitative estimate of drug-likeness (QED) is 0.695. The molecule has 22 heavy (non-hydrogen) atoms. The van der Waals surface area contributed by atoms with Gasteiger partial charge in [-0.1, -0.05) is 0 Å². The molecule has 0 unspecified atom stereocenters. The van der Waals surface area contributed by atoms with E-state index in [0.29, 0.717) is 18.4 Å². The summed E-state index contributed by atoms with van der Waals surface area (Å²) in [5.41, 5.74) is 4.36. The maximum absolute atomic E-state index is 12.6. The van der Waals surface area contributed by atoms with Crippen molar-refractivity contribution in [1.82, 2.24) is 15.3 Å². The zero-order valence-corrected chi connectivity index (χ0v) is 12.6. The number of rotatable bonds is 3. The highest BCUT2D eigenvalue weighted by molar-refractivity contribution is 7.13. The van der Waals surface area contributed by atoms with Gasteiger partial charge in [0.1, 0.15) is 0 Å². The first-order valence-electron chi connectivity index (χ1n) is 7.19. The highest BCUT2D eigenvalue weighted by Crippen LogP contribution is 2.30. The van der Waals surface area contributed by atoms with Gasteiger partial charge in [0, 0.05) is 34.9 Å². The van der Waals surface area contributed by atoms with Gasteiger partial charge in [-0.2, -0.15) is 0 Å². The molecule has 1 saturated carbocycles. The van der Waals surface area contributed by atoms with Gasteiger partial charge in [0.05, 0.1) is 16.5 Å². The van der Waals surface area contributed by atoms with Gasteiger partial charge < -0.3 is 15.4 Å². The van der Waals surface area contributed by atoms with Gasteiger partial charge in [-0.15, -0.1) is 11.3 Å². The second-order valence-electron chi connectivity index (χ2n) is 5.62. The molecule has 3 aromatic rings. The number of benzene rings is 1. The molecule has 2 aromatic heterocycles. The van der Waals surface area contributed by atoms with E-state index in [-0.39, 0.29) is 18.1 Å². The average Bonchev–Trinajstić information content (AvgIpc) is 3.15. The summed E-state index contributed by atoms with van der Waals surface area (Å²) >= 11 is 1.55. The highest BCUT2D eigenvalue weighted by atomic mass is 32.1. The Bertz CT molecular complexity index is 819. The zero-order chi connectivity index (χ0) is 15.1. The lowest BCUT2D eigenvalue weighted by molar-refractivity contribution is 0.0563. The first kappa shape index (κ1) is 13.5. The Morgan fingerprint density at radius 3 is 3.00 bits per heavy atom. The van der Waals surface area contributed by atoms with Crippen LogP contribution < -0.4 is 5.32 Å². The predicted octanol–water partition coefficient (Wildman–Crippen LogP) is 2.54. The molecule has 5 nitrogen and oxygen atoms in total. The van der Waals surface area contributed by atoms with Gasteiger partial charge in [0.2, 0.25) is 0 Å². The number of aromatic nitrogens is 2. The number of carbonyl (C=O) groups is 1. The van der Waals surface area contributed by atoms with Gasteiger partial charge in [-0.25, -0.2) is 0 Å². The number of nitrogens with zero attached hydrogens (tertiary/aromatic N) is 1. The Morgan fingerprint density at radius 1 is 1.41 bits per heavy atom. The Balaban J connectivity index is 1.72. The lowest BCUT2D eigenvalue weighted by Crippen LogP contribution is -2.46. The van der Waals surface area contributed by atoms with Gasteiger partial charge in [0.25, 0.3) is 5.91 Å². The predicted molar refractivity (Wildman–Crippen MR) is 85.9 cm³/mol. The molecule has 0 aliphatic heterocycles. The third-order valence-electron chi connectivity index (χ3n) is 4.08. The van der Waals surface area contributed by atoms with Crippen LogP contribution in [0.15, 0.2) is 36.1 Å². The molecular formula is C16H15N3O2S. The largest absolute Gasteiger partial charge is 0.393 e. The van der Waals surface area contributed by atoms with E-state index in [2.05, 4.69) is 15.3 Å². The summed E-state index contributed by atoms with van der Waals surface area (Å²) in [6, 6.07) is 5.93. The lowest BCUT2D eigenvalue weighted by Gasteiger charge is -2.32. The second-order valence-corrected chi connectivity index (χ2v) is 6.51. The van der Waals surface area contributed by atoms with Crippen molar-refractivity contribution in [2.24, 2.45) is 0 Å². The number of aliphatic hydroxyl groups is 1. The zero-order valence-electron chi connectivity index (χ0n) is 11.7. The van der Waals surface area contributed by atoms with Crippen molar-refractivity contribution in [2.45, 2.75) is 25.0 Å². The Hall–Kier alpha value is -2.18. The molecule has 0 bridgehead atoms. The summed E-state index contributed by atoms with van der Waals surface area (Å²) in [6.07, 6.45) is 4.64. The van der Waals surface area contributed by atoms with Crippen LogP contribution in [0.4, 0.5) is 0 Å². The van der Waals surface area contributed by atoms with Crippen LogP contribution >= 0.6 is 11.3 Å². The molecule has 1 amide bonds. The number of hydrogen-bond acceptors (Lipinski definition) is 4. The molecule has 3 N–H and O–H groups in total. The normalized spacial score (nSPS) is 20.8. The molecule has 0 atom stereocenters. The number of thiazole rings is 1. The molecule has 0 saturated heterocycles. The van der Waals surface area contributed by atoms with Gasteiger partial charge >= 0.3 is 0 Å². The molecule has 2 heterocycles. The number of hydrogen-bond donors (Lipinski definition) is 3. The van der Waals surface area contributed by atoms with Crippen molar-refractivity contribution >= 4 is 28.1 Å². The number of carbonyl (C=O) groups excluding carboxylic acids is 1. The van der Waals surface area contributed by atoms with E-state index in [9.17, 15) is 9.90 Å². The van der Waals surface area contributed by atoms with E-state index < -0.39 is 0 Å². The third kappa shape index (κ3) is 2.30. The van der Waals surface area contributed by atoms with Crippen molar-refractivity contribution in [3.8, 4) is 10.4 Å². The highest BCUT2D eigenvalue weighted by Gasteiger charge is 2.29. The lowest BCUT2D eigenvalue weighted by atomic mass is 9.89. The standard InChI is InChI=1S/C16H15N3O2S/c20-11-5-10(6-11)19-16(21)13-3-9(15-7-17-8-22-15)4-14-12(13)1-2-18-14/h1-4,7-8,10-11,18,20H,5-6H2,(H,19,21)/t10-,11-. The van der Waals surface area contributed by atoms with Crippen LogP contribution in [0.2, 0.25) is 0 Å². The number of H-pyrrole nitrogens is 1. The molecule has 1 aromatic carbocycles. The van der Waals surface area contributed by atoms with Crippen LogP contribution in [0.3, 0.4) is 0 Å². The molecule has 4 rings (SSSR count). The van der Waals surface area contributed by atoms with E-state index in [1.807, 2.05) is 24.4 Å². The fourth-order valence-corrected chi connectivity index (χ4v) is 3.44. The van der Waals surface area contributed by atoms with Crippen molar-refractivity contribution in [1.29, 1.82) is 0 Å². The smallest absolute Gasteiger partial charge is 0.252 e. The SMILES string of the molecule is O=C(N[C@H]1C[C@H](O)C1)c1cc(-c2cncs2)cc2[nH]ccc12. The van der Waals surface area contributed by atoms with E-state index in [4.69, 9.17) is 0 Å². The summed E-state index contributed by atoms with van der Waals surface area (Å²) < 4.78 is 0.